The van der Waals surface area contributed by atoms with E-state index in [0.717, 1.165) is 5.33 Å². The van der Waals surface area contributed by atoms with Crippen LogP contribution in [0.4, 0.5) is 0 Å². The van der Waals surface area contributed by atoms with E-state index >= 15 is 0 Å². The van der Waals surface area contributed by atoms with Gasteiger partial charge in [-0.05, 0) is 0 Å². The van der Waals surface area contributed by atoms with Crippen LogP contribution in [0, 0.1) is 0 Å². The Kier molecular flexibility index (Phi) is 4.41. The molecular formula is C7H17Br2P. The van der Waals surface area contributed by atoms with Crippen LogP contribution in [0.1, 0.15) is 12.8 Å². The molecule has 0 aliphatic rings. The Bertz CT molecular complexity index is 94.7. The van der Waals surface area contributed by atoms with Gasteiger partial charge in [0, 0.05) is 0 Å². The molecular weight excluding hydrogens is 275 g/mol. The fourth-order valence-electron chi connectivity index (χ4n) is 0.740. The monoisotopic (exact) mass is 290 g/mol. The van der Waals surface area contributed by atoms with Crippen LogP contribution in [-0.4, -0.2) is 31.5 Å². The maximum atomic E-state index is 3.83. The van der Waals surface area contributed by atoms with Crippen molar-refractivity contribution in [1.29, 1.82) is 0 Å². The third-order valence-electron chi connectivity index (χ3n) is 1.30. The predicted molar refractivity (Wildman–Crippen MR) is 61.5 cm³/mol. The maximum absolute atomic E-state index is 3.83. The predicted octanol–water partition coefficient (Wildman–Crippen LogP) is 3.91. The Balaban J connectivity index is 3.49. The topological polar surface area (TPSA) is 0 Å². The first-order valence-corrected chi connectivity index (χ1v) is 10.5. The number of alkyl halides is 1. The summed E-state index contributed by atoms with van der Waals surface area (Å²) >= 11 is 7.26. The summed E-state index contributed by atoms with van der Waals surface area (Å²) in [5.74, 6) is 0. The first-order chi connectivity index (χ1) is 4.31. The number of rotatable bonds is 4. The SMILES string of the molecule is CP(C)(C)(Br)CCCCBr. The van der Waals surface area contributed by atoms with Crippen molar-refractivity contribution < 1.29 is 0 Å². The molecule has 0 radical (unpaired) electrons. The normalized spacial score (nSPS) is 16.3. The van der Waals surface area contributed by atoms with Crippen LogP contribution in [0.2, 0.25) is 0 Å². The van der Waals surface area contributed by atoms with Gasteiger partial charge in [-0.15, -0.1) is 0 Å². The number of halogens is 2. The quantitative estimate of drug-likeness (QED) is 0.418. The standard InChI is InChI=1S/C7H17Br2P/c1-10(2,3,9)7-5-4-6-8/h4-7H2,1-3H3. The van der Waals surface area contributed by atoms with Crippen LogP contribution in [0.3, 0.4) is 0 Å². The molecule has 3 heteroatoms. The Hall–Kier alpha value is 1.39. The number of hydrogen-bond donors (Lipinski definition) is 0. The second kappa shape index (κ2) is 3.87. The van der Waals surface area contributed by atoms with Gasteiger partial charge in [0.1, 0.15) is 0 Å². The van der Waals surface area contributed by atoms with Crippen LogP contribution in [0.5, 0.6) is 0 Å². The van der Waals surface area contributed by atoms with E-state index in [4.69, 9.17) is 0 Å². The molecule has 0 spiro atoms. The van der Waals surface area contributed by atoms with Crippen LogP contribution in [-0.2, 0) is 0 Å². The molecule has 0 aliphatic heterocycles. The molecule has 0 nitrogen and oxygen atoms in total. The molecule has 64 valence electrons. The van der Waals surface area contributed by atoms with Gasteiger partial charge in [0.2, 0.25) is 0 Å². The van der Waals surface area contributed by atoms with Crippen molar-refractivity contribution in [3.8, 4) is 0 Å². The molecule has 0 aromatic rings. The summed E-state index contributed by atoms with van der Waals surface area (Å²) in [7, 11) is 0. The fourth-order valence-corrected chi connectivity index (χ4v) is 3.18. The third kappa shape index (κ3) is 9.39. The van der Waals surface area contributed by atoms with Gasteiger partial charge in [-0.3, -0.25) is 0 Å². The van der Waals surface area contributed by atoms with Gasteiger partial charge in [0.25, 0.3) is 0 Å². The second-order valence-electron chi connectivity index (χ2n) is 4.04. The van der Waals surface area contributed by atoms with E-state index in [2.05, 4.69) is 51.4 Å². The van der Waals surface area contributed by atoms with Crippen LogP contribution in [0.25, 0.3) is 0 Å². The fraction of sp³-hybridized carbons (Fsp3) is 1.00. The summed E-state index contributed by atoms with van der Waals surface area (Å²) in [6.07, 6.45) is 4.01. The van der Waals surface area contributed by atoms with Crippen LogP contribution < -0.4 is 0 Å². The van der Waals surface area contributed by atoms with E-state index < -0.39 is 5.31 Å². The van der Waals surface area contributed by atoms with E-state index in [1.165, 1.54) is 19.0 Å². The zero-order valence-electron chi connectivity index (χ0n) is 7.03. The molecule has 0 saturated heterocycles. The molecule has 0 rings (SSSR count). The van der Waals surface area contributed by atoms with Crippen molar-refractivity contribution in [1.82, 2.24) is 0 Å². The van der Waals surface area contributed by atoms with Gasteiger partial charge < -0.3 is 0 Å². The zero-order valence-corrected chi connectivity index (χ0v) is 11.1. The Morgan fingerprint density at radius 2 is 1.60 bits per heavy atom. The summed E-state index contributed by atoms with van der Waals surface area (Å²) < 4.78 is 0. The molecule has 10 heavy (non-hydrogen) atoms. The summed E-state index contributed by atoms with van der Waals surface area (Å²) in [5, 5.41) is -0.208. The van der Waals surface area contributed by atoms with Crippen molar-refractivity contribution in [2.45, 2.75) is 12.8 Å². The van der Waals surface area contributed by atoms with E-state index in [1.54, 1.807) is 0 Å². The summed E-state index contributed by atoms with van der Waals surface area (Å²) in [6, 6.07) is 0. The van der Waals surface area contributed by atoms with Gasteiger partial charge >= 0.3 is 81.1 Å². The molecule has 0 aromatic heterocycles. The van der Waals surface area contributed by atoms with Gasteiger partial charge in [-0.25, -0.2) is 0 Å². The summed E-state index contributed by atoms with van der Waals surface area (Å²) in [6.45, 7) is 7.08. The molecule has 0 fully saturated rings. The molecule has 0 aliphatic carbocycles. The van der Waals surface area contributed by atoms with Gasteiger partial charge in [0.05, 0.1) is 0 Å². The van der Waals surface area contributed by atoms with Crippen molar-refractivity contribution in [3.05, 3.63) is 0 Å². The minimum atomic E-state index is -1.35. The molecule has 0 amide bonds. The summed E-state index contributed by atoms with van der Waals surface area (Å²) in [4.78, 5) is 0. The Morgan fingerprint density at radius 3 is 1.90 bits per heavy atom. The average Bonchev–Trinajstić information content (AvgIpc) is 1.61. The van der Waals surface area contributed by atoms with Crippen molar-refractivity contribution in [2.75, 3.05) is 31.5 Å². The van der Waals surface area contributed by atoms with Crippen molar-refractivity contribution in [2.24, 2.45) is 0 Å². The van der Waals surface area contributed by atoms with Gasteiger partial charge in [-0.2, -0.15) is 0 Å². The minimum absolute atomic E-state index is 1.15. The van der Waals surface area contributed by atoms with E-state index in [0.29, 0.717) is 0 Å². The average molecular weight is 292 g/mol. The van der Waals surface area contributed by atoms with Crippen LogP contribution >= 0.6 is 36.7 Å². The zero-order chi connectivity index (χ0) is 8.28. The van der Waals surface area contributed by atoms with E-state index in [1.807, 2.05) is 0 Å². The number of hydrogen-bond acceptors (Lipinski definition) is 0. The molecule has 0 N–H and O–H groups in total. The first kappa shape index (κ1) is 11.4. The van der Waals surface area contributed by atoms with Gasteiger partial charge in [0.15, 0.2) is 0 Å². The molecule has 0 atom stereocenters. The van der Waals surface area contributed by atoms with E-state index in [-0.39, 0.29) is 0 Å². The summed E-state index contributed by atoms with van der Waals surface area (Å²) in [5.41, 5.74) is 0. The van der Waals surface area contributed by atoms with Crippen molar-refractivity contribution >= 4 is 36.7 Å². The van der Waals surface area contributed by atoms with E-state index in [9.17, 15) is 0 Å². The molecule has 0 heterocycles. The molecule has 0 aromatic carbocycles. The second-order valence-corrected chi connectivity index (χ2v) is 19.0. The number of unbranched alkanes of at least 4 members (excludes halogenated alkanes) is 1. The molecule has 0 saturated carbocycles. The Morgan fingerprint density at radius 1 is 1.10 bits per heavy atom. The third-order valence-corrected chi connectivity index (χ3v) is 4.75. The molecule has 0 unspecified atom stereocenters. The van der Waals surface area contributed by atoms with Gasteiger partial charge in [-0.1, -0.05) is 0 Å². The molecule has 0 bridgehead atoms. The van der Waals surface area contributed by atoms with Crippen LogP contribution in [0.15, 0.2) is 0 Å². The Labute approximate surface area is 80.9 Å². The van der Waals surface area contributed by atoms with Crippen molar-refractivity contribution in [3.63, 3.8) is 0 Å². The first-order valence-electron chi connectivity index (χ1n) is 3.59.